The lowest BCUT2D eigenvalue weighted by Crippen LogP contribution is -2.42. The molecule has 0 spiro atoms. The first-order chi connectivity index (χ1) is 18.2. The second-order valence-electron chi connectivity index (χ2n) is 8.36. The smallest absolute Gasteiger partial charge is 0.328 e. The van der Waals surface area contributed by atoms with Crippen molar-refractivity contribution in [2.45, 2.75) is 12.5 Å². The lowest BCUT2D eigenvalue weighted by atomic mass is 10.0. The number of aromatic hydroxyl groups is 4. The third-order valence-electron chi connectivity index (χ3n) is 5.86. The van der Waals surface area contributed by atoms with Gasteiger partial charge in [-0.1, -0.05) is 12.1 Å². The van der Waals surface area contributed by atoms with Crippen LogP contribution in [0.2, 0.25) is 0 Å². The number of carbonyl (C=O) groups is 2. The fraction of sp³-hybridized carbons (Fsp3) is 0.143. The summed E-state index contributed by atoms with van der Waals surface area (Å²) in [5.74, 6) is -1.59. The van der Waals surface area contributed by atoms with Crippen LogP contribution in [0.1, 0.15) is 11.1 Å². The number of methoxy groups -OCH3 is 2. The highest BCUT2D eigenvalue weighted by Gasteiger charge is 2.22. The zero-order chi connectivity index (χ0) is 27.4. The molecule has 0 saturated carbocycles. The summed E-state index contributed by atoms with van der Waals surface area (Å²) in [6, 6.07) is 12.5. The van der Waals surface area contributed by atoms with E-state index in [0.29, 0.717) is 39.2 Å². The number of phenolic OH excluding ortho intramolecular Hbond substituents is 4. The Balaban J connectivity index is 1.59. The van der Waals surface area contributed by atoms with Gasteiger partial charge < -0.3 is 39.6 Å². The van der Waals surface area contributed by atoms with Gasteiger partial charge in [0.1, 0.15) is 11.8 Å². The maximum absolute atomic E-state index is 12.7. The van der Waals surface area contributed by atoms with Crippen LogP contribution < -0.4 is 10.1 Å². The molecule has 0 aliphatic carbocycles. The Bertz CT molecular complexity index is 1540. The Labute approximate surface area is 217 Å². The van der Waals surface area contributed by atoms with Crippen LogP contribution in [-0.2, 0) is 20.7 Å². The first-order valence-electron chi connectivity index (χ1n) is 11.4. The molecule has 0 unspecified atom stereocenters. The molecule has 4 rings (SSSR count). The number of benzene rings is 3. The number of phenols is 4. The number of esters is 1. The van der Waals surface area contributed by atoms with Gasteiger partial charge in [0.15, 0.2) is 34.3 Å². The number of ether oxygens (including phenoxy) is 2. The van der Waals surface area contributed by atoms with E-state index >= 15 is 0 Å². The molecule has 3 aromatic carbocycles. The third kappa shape index (κ3) is 5.49. The quantitative estimate of drug-likeness (QED) is 0.132. The molecule has 0 saturated heterocycles. The van der Waals surface area contributed by atoms with Gasteiger partial charge in [0.25, 0.3) is 0 Å². The molecule has 1 aromatic heterocycles. The van der Waals surface area contributed by atoms with Crippen LogP contribution in [0.5, 0.6) is 28.7 Å². The van der Waals surface area contributed by atoms with Crippen LogP contribution in [0.3, 0.4) is 0 Å². The fourth-order valence-corrected chi connectivity index (χ4v) is 3.90. The van der Waals surface area contributed by atoms with E-state index in [1.807, 2.05) is 0 Å². The number of carbonyl (C=O) groups excluding carboxylic acids is 2. The Morgan fingerprint density at radius 2 is 1.63 bits per heavy atom. The first-order valence-corrected chi connectivity index (χ1v) is 11.4. The van der Waals surface area contributed by atoms with Gasteiger partial charge in [-0.3, -0.25) is 4.79 Å². The molecule has 38 heavy (non-hydrogen) atoms. The topological polar surface area (TPSA) is 159 Å². The number of fused-ring (bicyclic) bond motifs is 1. The largest absolute Gasteiger partial charge is 0.504 e. The van der Waals surface area contributed by atoms with Gasteiger partial charge in [0, 0.05) is 23.4 Å². The second kappa shape index (κ2) is 10.9. The summed E-state index contributed by atoms with van der Waals surface area (Å²) < 4.78 is 16.2. The van der Waals surface area contributed by atoms with E-state index in [1.165, 1.54) is 50.6 Å². The monoisotopic (exact) mass is 519 g/mol. The van der Waals surface area contributed by atoms with Crippen molar-refractivity contribution in [1.29, 1.82) is 0 Å². The number of rotatable bonds is 8. The van der Waals surface area contributed by atoms with Crippen molar-refractivity contribution in [3.8, 4) is 40.1 Å². The molecule has 10 nitrogen and oxygen atoms in total. The van der Waals surface area contributed by atoms with Crippen LogP contribution in [-0.4, -0.2) is 52.6 Å². The summed E-state index contributed by atoms with van der Waals surface area (Å²) in [5.41, 5.74) is 2.06. The van der Waals surface area contributed by atoms with Crippen molar-refractivity contribution in [2.24, 2.45) is 0 Å². The van der Waals surface area contributed by atoms with E-state index in [9.17, 15) is 30.0 Å². The summed E-state index contributed by atoms with van der Waals surface area (Å²) in [6.07, 6.45) is 2.83. The summed E-state index contributed by atoms with van der Waals surface area (Å²) in [4.78, 5) is 25.0. The molecule has 0 aliphatic rings. The molecule has 1 amide bonds. The van der Waals surface area contributed by atoms with Crippen molar-refractivity contribution in [3.05, 3.63) is 71.8 Å². The molecule has 1 heterocycles. The van der Waals surface area contributed by atoms with Crippen LogP contribution in [0.25, 0.3) is 28.4 Å². The van der Waals surface area contributed by atoms with Crippen molar-refractivity contribution in [1.82, 2.24) is 5.32 Å². The molecule has 0 radical (unpaired) electrons. The van der Waals surface area contributed by atoms with Gasteiger partial charge >= 0.3 is 5.97 Å². The Hall–Kier alpha value is -5.12. The van der Waals surface area contributed by atoms with Crippen molar-refractivity contribution in [3.63, 3.8) is 0 Å². The molecule has 0 fully saturated rings. The fourth-order valence-electron chi connectivity index (χ4n) is 3.90. The summed E-state index contributed by atoms with van der Waals surface area (Å²) >= 11 is 0. The normalized spacial score (nSPS) is 11.9. The van der Waals surface area contributed by atoms with E-state index in [-0.39, 0.29) is 29.4 Å². The van der Waals surface area contributed by atoms with Crippen LogP contribution in [0.4, 0.5) is 0 Å². The van der Waals surface area contributed by atoms with Gasteiger partial charge in [-0.2, -0.15) is 0 Å². The Kier molecular flexibility index (Phi) is 7.43. The minimum Gasteiger partial charge on any atom is -0.504 e. The predicted octanol–water partition coefficient (Wildman–Crippen LogP) is 3.84. The highest BCUT2D eigenvalue weighted by Crippen LogP contribution is 2.38. The molecule has 1 atom stereocenters. The number of furan rings is 1. The second-order valence-corrected chi connectivity index (χ2v) is 8.36. The molecule has 5 N–H and O–H groups in total. The maximum Gasteiger partial charge on any atom is 0.328 e. The van der Waals surface area contributed by atoms with Crippen molar-refractivity contribution >= 4 is 28.9 Å². The number of nitrogens with one attached hydrogen (secondary N) is 1. The molecule has 196 valence electrons. The molecule has 0 bridgehead atoms. The molecule has 4 aromatic rings. The number of hydrogen-bond acceptors (Lipinski definition) is 9. The van der Waals surface area contributed by atoms with Crippen molar-refractivity contribution < 1.29 is 43.9 Å². The summed E-state index contributed by atoms with van der Waals surface area (Å²) in [6.45, 7) is 0. The van der Waals surface area contributed by atoms with Crippen LogP contribution in [0.15, 0.2) is 65.1 Å². The van der Waals surface area contributed by atoms with E-state index in [4.69, 9.17) is 13.9 Å². The van der Waals surface area contributed by atoms with Gasteiger partial charge in [0.05, 0.1) is 14.2 Å². The SMILES string of the molecule is COC(=O)[C@H](Cc1ccc(O)c(O)c1)NC(=O)/C=C/c1ccc(OC)c2oc(-c3ccc(O)c(O)c3)cc12. The van der Waals surface area contributed by atoms with Gasteiger partial charge in [-0.25, -0.2) is 4.79 Å². The lowest BCUT2D eigenvalue weighted by Gasteiger charge is -2.16. The average Bonchev–Trinajstić information content (AvgIpc) is 3.36. The van der Waals surface area contributed by atoms with E-state index in [2.05, 4.69) is 5.32 Å². The van der Waals surface area contributed by atoms with Gasteiger partial charge in [-0.05, 0) is 59.7 Å². The van der Waals surface area contributed by atoms with E-state index in [0.717, 1.165) is 0 Å². The molecule has 0 aliphatic heterocycles. The maximum atomic E-state index is 12.7. The van der Waals surface area contributed by atoms with Gasteiger partial charge in [0.2, 0.25) is 5.91 Å². The predicted molar refractivity (Wildman–Crippen MR) is 138 cm³/mol. The zero-order valence-electron chi connectivity index (χ0n) is 20.5. The van der Waals surface area contributed by atoms with Gasteiger partial charge in [-0.15, -0.1) is 0 Å². The van der Waals surface area contributed by atoms with Crippen LogP contribution >= 0.6 is 0 Å². The first kappa shape index (κ1) is 26.0. The summed E-state index contributed by atoms with van der Waals surface area (Å²) in [5, 5.41) is 41.9. The molecule has 10 heteroatoms. The number of hydrogen-bond donors (Lipinski definition) is 5. The highest BCUT2D eigenvalue weighted by atomic mass is 16.5. The Morgan fingerprint density at radius 3 is 2.29 bits per heavy atom. The Morgan fingerprint density at radius 1 is 0.921 bits per heavy atom. The van der Waals surface area contributed by atoms with E-state index in [1.54, 1.807) is 30.3 Å². The molecular formula is C28H25NO9. The third-order valence-corrected chi connectivity index (χ3v) is 5.86. The summed E-state index contributed by atoms with van der Waals surface area (Å²) in [7, 11) is 2.69. The minimum absolute atomic E-state index is 0.0252. The standard InChI is InChI=1S/C28H25NO9/c1-36-24-9-5-16(18-14-25(38-27(18)24)17-4-8-21(31)23(33)13-17)6-10-26(34)29-19(28(35)37-2)11-15-3-7-20(30)22(32)12-15/h3-10,12-14,19,30-33H,11H2,1-2H3,(H,29,34)/b10-6+/t19-/m0/s1. The lowest BCUT2D eigenvalue weighted by molar-refractivity contribution is -0.144. The highest BCUT2D eigenvalue weighted by molar-refractivity contribution is 5.99. The van der Waals surface area contributed by atoms with E-state index < -0.39 is 17.9 Å². The van der Waals surface area contributed by atoms with Crippen LogP contribution in [0, 0.1) is 0 Å². The zero-order valence-corrected chi connectivity index (χ0v) is 20.5. The minimum atomic E-state index is -1.04. The number of amides is 1. The average molecular weight is 520 g/mol. The van der Waals surface area contributed by atoms with Crippen molar-refractivity contribution in [2.75, 3.05) is 14.2 Å². The molecular weight excluding hydrogens is 494 g/mol.